The summed E-state index contributed by atoms with van der Waals surface area (Å²) in [4.78, 5) is 13.1. The first-order valence-electron chi connectivity index (χ1n) is 12.7. The van der Waals surface area contributed by atoms with Crippen molar-refractivity contribution in [3.05, 3.63) is 71.8 Å². The molecular weight excluding hydrogens is 497 g/mol. The highest BCUT2D eigenvalue weighted by Crippen LogP contribution is 2.54. The SMILES string of the molecule is CCOP(=O)(OCC)C(C[C@H]1O[C@@H]2OC(C)(C)O[C@@H]2[C@@H]1OCc1ccccc1)NC(=O)c1ccccc1. The van der Waals surface area contributed by atoms with Crippen LogP contribution >= 0.6 is 7.60 Å². The molecule has 1 N–H and O–H groups in total. The fourth-order valence-electron chi connectivity index (χ4n) is 4.59. The van der Waals surface area contributed by atoms with Crippen molar-refractivity contribution in [1.29, 1.82) is 0 Å². The molecule has 1 unspecified atom stereocenters. The van der Waals surface area contributed by atoms with E-state index >= 15 is 0 Å². The van der Waals surface area contributed by atoms with Crippen molar-refractivity contribution in [2.24, 2.45) is 0 Å². The predicted octanol–water partition coefficient (Wildman–Crippen LogP) is 4.86. The lowest BCUT2D eigenvalue weighted by atomic mass is 10.1. The zero-order valence-electron chi connectivity index (χ0n) is 21.7. The minimum Gasteiger partial charge on any atom is -0.368 e. The van der Waals surface area contributed by atoms with Crippen LogP contribution in [-0.2, 0) is 39.2 Å². The molecule has 10 heteroatoms. The molecular formula is C27H36NO8P. The van der Waals surface area contributed by atoms with Gasteiger partial charge in [0.25, 0.3) is 5.91 Å². The second kappa shape index (κ2) is 12.2. The molecule has 1 amide bonds. The number of benzene rings is 2. The summed E-state index contributed by atoms with van der Waals surface area (Å²) in [5, 5.41) is 2.88. The van der Waals surface area contributed by atoms with Crippen molar-refractivity contribution >= 4 is 13.5 Å². The third kappa shape index (κ3) is 6.86. The van der Waals surface area contributed by atoms with Gasteiger partial charge in [-0.2, -0.15) is 0 Å². The van der Waals surface area contributed by atoms with Gasteiger partial charge in [0.05, 0.1) is 25.9 Å². The molecule has 2 saturated heterocycles. The van der Waals surface area contributed by atoms with Crippen LogP contribution in [0.25, 0.3) is 0 Å². The van der Waals surface area contributed by atoms with Crippen LogP contribution in [0.4, 0.5) is 0 Å². The first-order valence-corrected chi connectivity index (χ1v) is 14.3. The van der Waals surface area contributed by atoms with Gasteiger partial charge in [-0.1, -0.05) is 48.5 Å². The zero-order chi connectivity index (χ0) is 26.5. The summed E-state index contributed by atoms with van der Waals surface area (Å²) < 4.78 is 49.8. The maximum atomic E-state index is 13.9. The van der Waals surface area contributed by atoms with Crippen LogP contribution in [0.3, 0.4) is 0 Å². The number of ether oxygens (including phenoxy) is 4. The molecule has 202 valence electrons. The Morgan fingerprint density at radius 3 is 2.24 bits per heavy atom. The van der Waals surface area contributed by atoms with Gasteiger partial charge in [0.15, 0.2) is 12.1 Å². The molecule has 2 aromatic carbocycles. The van der Waals surface area contributed by atoms with Gasteiger partial charge in [-0.15, -0.1) is 0 Å². The third-order valence-electron chi connectivity index (χ3n) is 6.16. The topological polar surface area (TPSA) is 102 Å². The summed E-state index contributed by atoms with van der Waals surface area (Å²) in [5.74, 6) is -2.21. The Kier molecular flexibility index (Phi) is 9.19. The van der Waals surface area contributed by atoms with E-state index in [9.17, 15) is 9.36 Å². The van der Waals surface area contributed by atoms with E-state index in [0.29, 0.717) is 12.2 Å². The van der Waals surface area contributed by atoms with E-state index in [4.69, 9.17) is 28.0 Å². The van der Waals surface area contributed by atoms with E-state index in [1.165, 1.54) is 0 Å². The number of carbonyl (C=O) groups excluding carboxylic acids is 1. The molecule has 5 atom stereocenters. The van der Waals surface area contributed by atoms with Gasteiger partial charge in [0.2, 0.25) is 0 Å². The van der Waals surface area contributed by atoms with E-state index < -0.39 is 43.8 Å². The average Bonchev–Trinajstić information content (AvgIpc) is 3.34. The van der Waals surface area contributed by atoms with Crippen molar-refractivity contribution in [1.82, 2.24) is 5.32 Å². The van der Waals surface area contributed by atoms with Gasteiger partial charge in [-0.25, -0.2) is 0 Å². The number of nitrogens with one attached hydrogen (secondary N) is 1. The molecule has 4 rings (SSSR count). The van der Waals surface area contributed by atoms with E-state index in [2.05, 4.69) is 5.32 Å². The first kappa shape index (κ1) is 27.9. The molecule has 9 nitrogen and oxygen atoms in total. The highest BCUT2D eigenvalue weighted by molar-refractivity contribution is 7.54. The lowest BCUT2D eigenvalue weighted by Crippen LogP contribution is -2.43. The average molecular weight is 534 g/mol. The van der Waals surface area contributed by atoms with Gasteiger partial charge >= 0.3 is 7.60 Å². The Morgan fingerprint density at radius 1 is 1.00 bits per heavy atom. The largest absolute Gasteiger partial charge is 0.368 e. The Bertz CT molecular complexity index is 1060. The standard InChI is InChI=1S/C27H36NO8P/c1-5-32-37(30,33-6-2)22(28-25(29)20-15-11-8-12-16-20)17-21-23(31-18-19-13-9-7-10-14-19)24-26(34-21)36-27(3,4)35-24/h7-16,21-24,26H,5-6,17-18H2,1-4H3,(H,28,29)/t21-,22?,23-,24-,26-/m1/s1. The van der Waals surface area contributed by atoms with E-state index in [1.807, 2.05) is 50.2 Å². The minimum atomic E-state index is -3.76. The fourth-order valence-corrected chi connectivity index (χ4v) is 6.49. The molecule has 2 aromatic rings. The molecule has 0 saturated carbocycles. The summed E-state index contributed by atoms with van der Waals surface area (Å²) in [7, 11) is -3.76. The van der Waals surface area contributed by atoms with Gasteiger partial charge in [0, 0.05) is 12.0 Å². The minimum absolute atomic E-state index is 0.107. The zero-order valence-corrected chi connectivity index (χ0v) is 22.6. The lowest BCUT2D eigenvalue weighted by Gasteiger charge is -2.31. The molecule has 2 aliphatic rings. The second-order valence-corrected chi connectivity index (χ2v) is 11.6. The number of fused-ring (bicyclic) bond motifs is 1. The van der Waals surface area contributed by atoms with Crippen LogP contribution < -0.4 is 5.32 Å². The summed E-state index contributed by atoms with van der Waals surface area (Å²) in [6, 6.07) is 18.5. The van der Waals surface area contributed by atoms with Crippen LogP contribution in [0.5, 0.6) is 0 Å². The maximum absolute atomic E-state index is 13.9. The van der Waals surface area contributed by atoms with Gasteiger partial charge in [-0.05, 0) is 45.4 Å². The van der Waals surface area contributed by atoms with Crippen LogP contribution in [0.15, 0.2) is 60.7 Å². The highest BCUT2D eigenvalue weighted by Gasteiger charge is 2.56. The quantitative estimate of drug-likeness (QED) is 0.386. The molecule has 0 bridgehead atoms. The Labute approximate surface area is 218 Å². The number of hydrogen-bond acceptors (Lipinski definition) is 8. The van der Waals surface area contributed by atoms with Crippen LogP contribution in [0, 0.1) is 0 Å². The Hall–Kier alpha value is -2.10. The number of amides is 1. The van der Waals surface area contributed by atoms with Crippen molar-refractivity contribution in [3.8, 4) is 0 Å². The van der Waals surface area contributed by atoms with E-state index in [0.717, 1.165) is 5.56 Å². The molecule has 2 fully saturated rings. The summed E-state index contributed by atoms with van der Waals surface area (Å²) in [5.41, 5.74) is 1.42. The monoisotopic (exact) mass is 533 g/mol. The highest BCUT2D eigenvalue weighted by atomic mass is 31.2. The molecule has 0 aliphatic carbocycles. The summed E-state index contributed by atoms with van der Waals surface area (Å²) >= 11 is 0. The molecule has 0 aromatic heterocycles. The molecule has 0 radical (unpaired) electrons. The summed E-state index contributed by atoms with van der Waals surface area (Å²) in [6.07, 6.45) is -2.20. The van der Waals surface area contributed by atoms with Crippen LogP contribution in [0.2, 0.25) is 0 Å². The normalized spacial score (nSPS) is 25.5. The van der Waals surface area contributed by atoms with Crippen LogP contribution in [0.1, 0.15) is 50.0 Å². The van der Waals surface area contributed by atoms with Crippen molar-refractivity contribution < 1.29 is 37.4 Å². The van der Waals surface area contributed by atoms with Gasteiger partial charge in [-0.3, -0.25) is 9.36 Å². The van der Waals surface area contributed by atoms with E-state index in [1.54, 1.807) is 38.1 Å². The summed E-state index contributed by atoms with van der Waals surface area (Å²) in [6.45, 7) is 7.73. The third-order valence-corrected chi connectivity index (χ3v) is 8.50. The molecule has 0 spiro atoms. The molecule has 2 heterocycles. The van der Waals surface area contributed by atoms with Crippen molar-refractivity contribution in [3.63, 3.8) is 0 Å². The Balaban J connectivity index is 1.58. The molecule has 2 aliphatic heterocycles. The predicted molar refractivity (Wildman–Crippen MR) is 137 cm³/mol. The van der Waals surface area contributed by atoms with Gasteiger partial charge < -0.3 is 33.3 Å². The number of carbonyl (C=O) groups is 1. The number of hydrogen-bond donors (Lipinski definition) is 1. The Morgan fingerprint density at radius 2 is 1.62 bits per heavy atom. The number of rotatable bonds is 12. The maximum Gasteiger partial charge on any atom is 0.352 e. The van der Waals surface area contributed by atoms with Gasteiger partial charge in [0.1, 0.15) is 18.0 Å². The smallest absolute Gasteiger partial charge is 0.352 e. The second-order valence-electron chi connectivity index (χ2n) is 9.37. The van der Waals surface area contributed by atoms with Crippen molar-refractivity contribution in [2.45, 2.75) is 76.9 Å². The molecule has 37 heavy (non-hydrogen) atoms. The van der Waals surface area contributed by atoms with E-state index in [-0.39, 0.29) is 25.5 Å². The fraction of sp³-hybridized carbons (Fsp3) is 0.519. The van der Waals surface area contributed by atoms with Crippen molar-refractivity contribution in [2.75, 3.05) is 13.2 Å². The van der Waals surface area contributed by atoms with Crippen LogP contribution in [-0.4, -0.2) is 55.3 Å². The lowest BCUT2D eigenvalue weighted by molar-refractivity contribution is -0.219. The first-order chi connectivity index (χ1) is 17.7.